The Morgan fingerprint density at radius 1 is 1.23 bits per heavy atom. The highest BCUT2D eigenvalue weighted by atomic mass is 32.1. The van der Waals surface area contributed by atoms with Crippen LogP contribution in [0.3, 0.4) is 0 Å². The largest absolute Gasteiger partial charge is 0.491 e. The zero-order valence-corrected chi connectivity index (χ0v) is 16.8. The Kier molecular flexibility index (Phi) is 5.74. The van der Waals surface area contributed by atoms with Gasteiger partial charge in [-0.25, -0.2) is 9.37 Å². The molecule has 4 rings (SSSR count). The molecule has 158 valence electrons. The van der Waals surface area contributed by atoms with Crippen LogP contribution >= 0.6 is 11.3 Å². The Labute approximate surface area is 178 Å². The molecule has 0 aliphatic heterocycles. The number of ether oxygens (including phenoxy) is 1. The van der Waals surface area contributed by atoms with E-state index in [9.17, 15) is 24.4 Å². The van der Waals surface area contributed by atoms with Crippen molar-refractivity contribution in [3.05, 3.63) is 87.2 Å². The molecule has 2 aromatic heterocycles. The third kappa shape index (κ3) is 4.60. The number of hydrogen-bond donors (Lipinski definition) is 1. The first-order valence-corrected chi connectivity index (χ1v) is 10.0. The van der Waals surface area contributed by atoms with Gasteiger partial charge in [-0.1, -0.05) is 18.2 Å². The van der Waals surface area contributed by atoms with Crippen LogP contribution in [0, 0.1) is 15.9 Å². The molecule has 0 saturated heterocycles. The molecule has 0 aliphatic carbocycles. The zero-order chi connectivity index (χ0) is 22.0. The maximum Gasteiger partial charge on any atom is 0.273 e. The van der Waals surface area contributed by atoms with E-state index < -0.39 is 11.0 Å². The summed E-state index contributed by atoms with van der Waals surface area (Å²) >= 11 is 1.24. The topological polar surface area (TPSA) is 107 Å². The quantitative estimate of drug-likeness (QED) is 0.347. The van der Waals surface area contributed by atoms with E-state index in [-0.39, 0.29) is 36.0 Å². The number of aromatic nitrogens is 2. The average molecular weight is 441 g/mol. The molecule has 2 aromatic carbocycles. The van der Waals surface area contributed by atoms with Crippen molar-refractivity contribution in [3.8, 4) is 16.2 Å². The summed E-state index contributed by atoms with van der Waals surface area (Å²) in [4.78, 5) is 28.2. The Bertz CT molecular complexity index is 1300. The van der Waals surface area contributed by atoms with Crippen molar-refractivity contribution in [2.75, 3.05) is 6.61 Å². The molecule has 0 saturated carbocycles. The second kappa shape index (κ2) is 8.62. The summed E-state index contributed by atoms with van der Waals surface area (Å²) in [6.07, 6.45) is 0.315. The average Bonchev–Trinajstić information content (AvgIpc) is 3.20. The lowest BCUT2D eigenvalue weighted by atomic mass is 10.2. The summed E-state index contributed by atoms with van der Waals surface area (Å²) < 4.78 is 20.3. The number of hydrogen-bond acceptors (Lipinski definition) is 7. The number of benzene rings is 2. The van der Waals surface area contributed by atoms with Crippen LogP contribution in [-0.4, -0.2) is 32.3 Å². The SMILES string of the molecule is O=c1c2sc(-c3ccc(F)cc3)cc2ncn1C[C@H](O)COc1cccc([N+](=O)[O-])c1. The minimum atomic E-state index is -1.03. The van der Waals surface area contributed by atoms with Crippen LogP contribution in [0.5, 0.6) is 5.75 Å². The van der Waals surface area contributed by atoms with Gasteiger partial charge in [-0.2, -0.15) is 0 Å². The Hall–Kier alpha value is -3.63. The number of nitro benzene ring substituents is 1. The lowest BCUT2D eigenvalue weighted by Gasteiger charge is -2.13. The summed E-state index contributed by atoms with van der Waals surface area (Å²) in [5, 5.41) is 21.1. The summed E-state index contributed by atoms with van der Waals surface area (Å²) in [7, 11) is 0. The summed E-state index contributed by atoms with van der Waals surface area (Å²) in [6, 6.07) is 13.4. The van der Waals surface area contributed by atoms with E-state index in [4.69, 9.17) is 4.74 Å². The van der Waals surface area contributed by atoms with Crippen LogP contribution in [0.4, 0.5) is 10.1 Å². The molecule has 0 unspecified atom stereocenters. The number of aliphatic hydroxyl groups is 1. The number of rotatable bonds is 7. The van der Waals surface area contributed by atoms with Gasteiger partial charge in [-0.3, -0.25) is 19.5 Å². The molecule has 0 amide bonds. The molecule has 10 heteroatoms. The van der Waals surface area contributed by atoms with Crippen LogP contribution in [0.25, 0.3) is 20.7 Å². The van der Waals surface area contributed by atoms with Crippen LogP contribution in [0.1, 0.15) is 0 Å². The normalized spacial score (nSPS) is 12.1. The van der Waals surface area contributed by atoms with Crippen molar-refractivity contribution < 1.29 is 19.2 Å². The second-order valence-electron chi connectivity index (χ2n) is 6.75. The minimum absolute atomic E-state index is 0.0551. The van der Waals surface area contributed by atoms with E-state index in [1.807, 2.05) is 0 Å². The van der Waals surface area contributed by atoms with Gasteiger partial charge in [0.2, 0.25) is 0 Å². The van der Waals surface area contributed by atoms with Gasteiger partial charge in [0.05, 0.1) is 29.4 Å². The van der Waals surface area contributed by atoms with Crippen molar-refractivity contribution in [1.82, 2.24) is 9.55 Å². The highest BCUT2D eigenvalue weighted by Crippen LogP contribution is 2.30. The van der Waals surface area contributed by atoms with Gasteiger partial charge in [0.1, 0.15) is 29.0 Å². The smallest absolute Gasteiger partial charge is 0.273 e. The maximum absolute atomic E-state index is 13.1. The number of halogens is 1. The van der Waals surface area contributed by atoms with E-state index in [0.717, 1.165) is 10.4 Å². The summed E-state index contributed by atoms with van der Waals surface area (Å²) in [6.45, 7) is -0.211. The van der Waals surface area contributed by atoms with Gasteiger partial charge in [-0.15, -0.1) is 11.3 Å². The van der Waals surface area contributed by atoms with Crippen LogP contribution < -0.4 is 10.3 Å². The fourth-order valence-corrected chi connectivity index (χ4v) is 4.06. The molecule has 31 heavy (non-hydrogen) atoms. The Balaban J connectivity index is 1.48. The van der Waals surface area contributed by atoms with E-state index in [0.29, 0.717) is 10.2 Å². The number of non-ortho nitro benzene ring substituents is 1. The Morgan fingerprint density at radius 2 is 2.00 bits per heavy atom. The minimum Gasteiger partial charge on any atom is -0.491 e. The first kappa shape index (κ1) is 20.6. The van der Waals surface area contributed by atoms with Crippen LogP contribution in [-0.2, 0) is 6.54 Å². The Morgan fingerprint density at radius 3 is 2.74 bits per heavy atom. The maximum atomic E-state index is 13.1. The molecule has 1 N–H and O–H groups in total. The lowest BCUT2D eigenvalue weighted by Crippen LogP contribution is -2.30. The molecule has 0 spiro atoms. The first-order valence-electron chi connectivity index (χ1n) is 9.21. The number of fused-ring (bicyclic) bond motifs is 1. The fraction of sp³-hybridized carbons (Fsp3) is 0.143. The second-order valence-corrected chi connectivity index (χ2v) is 7.81. The van der Waals surface area contributed by atoms with Crippen LogP contribution in [0.2, 0.25) is 0 Å². The number of aliphatic hydroxyl groups excluding tert-OH is 1. The molecule has 0 fully saturated rings. The molecular weight excluding hydrogens is 425 g/mol. The highest BCUT2D eigenvalue weighted by molar-refractivity contribution is 7.22. The van der Waals surface area contributed by atoms with Gasteiger partial charge in [0, 0.05) is 10.9 Å². The predicted octanol–water partition coefficient (Wildman–Crippen LogP) is 3.61. The number of nitrogens with zero attached hydrogens (tertiary/aromatic N) is 3. The van der Waals surface area contributed by atoms with Crippen molar-refractivity contribution >= 4 is 27.2 Å². The van der Waals surface area contributed by atoms with Crippen LogP contribution in [0.15, 0.2) is 65.7 Å². The van der Waals surface area contributed by atoms with E-state index >= 15 is 0 Å². The van der Waals surface area contributed by atoms with Gasteiger partial charge >= 0.3 is 0 Å². The molecular formula is C21H16FN3O5S. The number of nitro groups is 1. The summed E-state index contributed by atoms with van der Waals surface area (Å²) in [5.74, 6) is -0.0944. The van der Waals surface area contributed by atoms with Crippen molar-refractivity contribution in [3.63, 3.8) is 0 Å². The van der Waals surface area contributed by atoms with Crippen molar-refractivity contribution in [1.29, 1.82) is 0 Å². The molecule has 1 atom stereocenters. The molecule has 0 bridgehead atoms. The van der Waals surface area contributed by atoms with Gasteiger partial charge in [0.15, 0.2) is 0 Å². The molecule has 2 heterocycles. The standard InChI is InChI=1S/C21H16FN3O5S/c22-14-6-4-13(5-7-14)19-9-18-20(31-19)21(27)24(12-23-18)10-16(26)11-30-17-3-1-2-15(8-17)25(28)29/h1-9,12,16,26H,10-11H2/t16-/m0/s1. The molecule has 0 radical (unpaired) electrons. The van der Waals surface area contributed by atoms with E-state index in [2.05, 4.69) is 4.98 Å². The third-order valence-electron chi connectivity index (χ3n) is 4.51. The van der Waals surface area contributed by atoms with E-state index in [1.165, 1.54) is 52.6 Å². The number of thiophene rings is 1. The monoisotopic (exact) mass is 441 g/mol. The molecule has 0 aliphatic rings. The first-order chi connectivity index (χ1) is 14.9. The van der Waals surface area contributed by atoms with Crippen molar-refractivity contribution in [2.24, 2.45) is 0 Å². The highest BCUT2D eigenvalue weighted by Gasteiger charge is 2.14. The van der Waals surface area contributed by atoms with Gasteiger partial charge in [-0.05, 0) is 29.8 Å². The molecule has 8 nitrogen and oxygen atoms in total. The lowest BCUT2D eigenvalue weighted by molar-refractivity contribution is -0.384. The zero-order valence-electron chi connectivity index (χ0n) is 16.0. The predicted molar refractivity (Wildman–Crippen MR) is 114 cm³/mol. The third-order valence-corrected chi connectivity index (χ3v) is 5.67. The van der Waals surface area contributed by atoms with Gasteiger partial charge in [0.25, 0.3) is 11.2 Å². The summed E-state index contributed by atoms with van der Waals surface area (Å²) in [5.41, 5.74) is 0.874. The molecule has 4 aromatic rings. The van der Waals surface area contributed by atoms with E-state index in [1.54, 1.807) is 24.3 Å². The van der Waals surface area contributed by atoms with Crippen molar-refractivity contribution in [2.45, 2.75) is 12.6 Å². The van der Waals surface area contributed by atoms with Gasteiger partial charge < -0.3 is 9.84 Å². The fourth-order valence-electron chi connectivity index (χ4n) is 2.99.